The maximum Gasteiger partial charge on any atom is 0.252 e. The first-order valence-electron chi connectivity index (χ1n) is 8.49. The van der Waals surface area contributed by atoms with E-state index in [1.807, 2.05) is 11.8 Å². The molecule has 2 saturated heterocycles. The number of carbonyl (C=O) groups is 1. The molecule has 0 bridgehead atoms. The lowest BCUT2D eigenvalue weighted by Crippen LogP contribution is -2.52. The van der Waals surface area contributed by atoms with Crippen molar-refractivity contribution in [2.75, 3.05) is 31.1 Å². The molecule has 3 aliphatic rings. The summed E-state index contributed by atoms with van der Waals surface area (Å²) in [7, 11) is 0. The minimum atomic E-state index is -1.11. The van der Waals surface area contributed by atoms with Gasteiger partial charge in [0, 0.05) is 25.7 Å². The Labute approximate surface area is 132 Å². The van der Waals surface area contributed by atoms with Gasteiger partial charge >= 0.3 is 0 Å². The van der Waals surface area contributed by atoms with Crippen molar-refractivity contribution >= 4 is 17.7 Å². The van der Waals surface area contributed by atoms with Crippen LogP contribution in [0.2, 0.25) is 0 Å². The minimum absolute atomic E-state index is 0.129. The number of hydrogen-bond donors (Lipinski definition) is 2. The molecule has 0 spiro atoms. The van der Waals surface area contributed by atoms with Gasteiger partial charge in [-0.25, -0.2) is 0 Å². The molecular weight excluding hydrogens is 284 g/mol. The zero-order valence-corrected chi connectivity index (χ0v) is 13.7. The predicted molar refractivity (Wildman–Crippen MR) is 86.5 cm³/mol. The van der Waals surface area contributed by atoms with Gasteiger partial charge in [-0.2, -0.15) is 11.8 Å². The first kappa shape index (κ1) is 15.6. The molecule has 2 heterocycles. The van der Waals surface area contributed by atoms with Crippen molar-refractivity contribution in [3.8, 4) is 0 Å². The Hall–Kier alpha value is -0.260. The summed E-state index contributed by atoms with van der Waals surface area (Å²) in [5.41, 5.74) is -1.11. The fourth-order valence-corrected chi connectivity index (χ4v) is 5.10. The van der Waals surface area contributed by atoms with Crippen LogP contribution < -0.4 is 5.32 Å². The normalized spacial score (nSPS) is 30.6. The van der Waals surface area contributed by atoms with E-state index in [9.17, 15) is 9.90 Å². The van der Waals surface area contributed by atoms with Crippen LogP contribution in [0.15, 0.2) is 0 Å². The Kier molecular flexibility index (Phi) is 5.12. The molecule has 3 fully saturated rings. The van der Waals surface area contributed by atoms with Crippen LogP contribution in [0, 0.1) is 5.92 Å². The molecule has 1 amide bonds. The van der Waals surface area contributed by atoms with Gasteiger partial charge in [0.15, 0.2) is 0 Å². The first-order chi connectivity index (χ1) is 10.2. The molecule has 120 valence electrons. The molecule has 1 aliphatic carbocycles. The van der Waals surface area contributed by atoms with Crippen molar-refractivity contribution in [2.24, 2.45) is 5.92 Å². The van der Waals surface area contributed by atoms with Crippen molar-refractivity contribution in [1.82, 2.24) is 10.2 Å². The second-order valence-electron chi connectivity index (χ2n) is 7.01. The van der Waals surface area contributed by atoms with Crippen LogP contribution in [-0.2, 0) is 4.79 Å². The van der Waals surface area contributed by atoms with E-state index >= 15 is 0 Å². The summed E-state index contributed by atoms with van der Waals surface area (Å²) in [5, 5.41) is 13.6. The smallest absolute Gasteiger partial charge is 0.252 e. The van der Waals surface area contributed by atoms with Crippen LogP contribution >= 0.6 is 11.8 Å². The number of rotatable bonds is 4. The molecule has 3 rings (SSSR count). The van der Waals surface area contributed by atoms with E-state index in [2.05, 4.69) is 10.2 Å². The van der Waals surface area contributed by atoms with E-state index in [4.69, 9.17) is 0 Å². The lowest BCUT2D eigenvalue weighted by molar-refractivity contribution is -0.141. The number of nitrogens with zero attached hydrogens (tertiary/aromatic N) is 1. The quantitative estimate of drug-likeness (QED) is 0.828. The summed E-state index contributed by atoms with van der Waals surface area (Å²) >= 11 is 1.83. The fraction of sp³-hybridized carbons (Fsp3) is 0.938. The van der Waals surface area contributed by atoms with Crippen molar-refractivity contribution in [3.63, 3.8) is 0 Å². The molecular formula is C16H28N2O2S. The minimum Gasteiger partial charge on any atom is -0.380 e. The number of amides is 1. The summed E-state index contributed by atoms with van der Waals surface area (Å²) < 4.78 is 0. The van der Waals surface area contributed by atoms with E-state index in [0.717, 1.165) is 36.9 Å². The van der Waals surface area contributed by atoms with E-state index < -0.39 is 5.60 Å². The van der Waals surface area contributed by atoms with Crippen LogP contribution in [0.25, 0.3) is 0 Å². The lowest BCUT2D eigenvalue weighted by atomic mass is 9.95. The van der Waals surface area contributed by atoms with E-state index in [1.54, 1.807) is 0 Å². The van der Waals surface area contributed by atoms with Gasteiger partial charge in [0.2, 0.25) is 0 Å². The second-order valence-corrected chi connectivity index (χ2v) is 8.24. The number of carbonyl (C=O) groups excluding carboxylic acids is 1. The third kappa shape index (κ3) is 3.93. The van der Waals surface area contributed by atoms with Crippen molar-refractivity contribution in [1.29, 1.82) is 0 Å². The highest BCUT2D eigenvalue weighted by Gasteiger charge is 2.39. The van der Waals surface area contributed by atoms with Gasteiger partial charge < -0.3 is 15.3 Å². The maximum absolute atomic E-state index is 12.3. The molecule has 5 heteroatoms. The molecule has 1 atom stereocenters. The zero-order valence-electron chi connectivity index (χ0n) is 12.9. The average molecular weight is 312 g/mol. The molecule has 2 aliphatic heterocycles. The summed E-state index contributed by atoms with van der Waals surface area (Å²) in [6, 6.07) is 0.234. The van der Waals surface area contributed by atoms with Gasteiger partial charge in [-0.15, -0.1) is 0 Å². The molecule has 2 N–H and O–H groups in total. The molecule has 0 radical (unpaired) electrons. The zero-order chi connectivity index (χ0) is 14.7. The first-order valence-corrected chi connectivity index (χ1v) is 9.65. The largest absolute Gasteiger partial charge is 0.380 e. The average Bonchev–Trinajstić information content (AvgIpc) is 3.12. The van der Waals surface area contributed by atoms with E-state index in [1.165, 1.54) is 32.2 Å². The third-order valence-corrected chi connectivity index (χ3v) is 6.33. The number of thioether (sulfide) groups is 1. The van der Waals surface area contributed by atoms with Crippen LogP contribution in [-0.4, -0.2) is 58.7 Å². The topological polar surface area (TPSA) is 52.6 Å². The third-order valence-electron chi connectivity index (χ3n) is 5.34. The van der Waals surface area contributed by atoms with Crippen molar-refractivity contribution < 1.29 is 9.90 Å². The van der Waals surface area contributed by atoms with Gasteiger partial charge in [0.05, 0.1) is 0 Å². The summed E-state index contributed by atoms with van der Waals surface area (Å²) in [6.45, 7) is 3.26. The molecule has 0 aromatic rings. The Bertz CT molecular complexity index is 365. The van der Waals surface area contributed by atoms with Gasteiger partial charge in [-0.05, 0) is 49.5 Å². The number of aliphatic hydroxyl groups is 1. The molecule has 1 saturated carbocycles. The second kappa shape index (κ2) is 6.88. The van der Waals surface area contributed by atoms with Gasteiger partial charge in [-0.3, -0.25) is 4.79 Å². The van der Waals surface area contributed by atoms with Gasteiger partial charge in [-0.1, -0.05) is 12.8 Å². The van der Waals surface area contributed by atoms with E-state index in [-0.39, 0.29) is 11.9 Å². The summed E-state index contributed by atoms with van der Waals surface area (Å²) in [5.74, 6) is 2.53. The van der Waals surface area contributed by atoms with E-state index in [0.29, 0.717) is 12.8 Å². The number of hydrogen-bond acceptors (Lipinski definition) is 4. The Balaban J connectivity index is 1.44. The Morgan fingerprint density at radius 1 is 1.24 bits per heavy atom. The number of likely N-dealkylation sites (tertiary alicyclic amines) is 1. The Morgan fingerprint density at radius 3 is 2.67 bits per heavy atom. The standard InChI is InChI=1S/C16H28N2O2S/c19-15(16(20)6-9-21-10-7-16)17-14-5-8-18(12-14)11-13-3-1-2-4-13/h13-14,20H,1-12H2,(H,17,19). The van der Waals surface area contributed by atoms with Crippen LogP contribution in [0.3, 0.4) is 0 Å². The van der Waals surface area contributed by atoms with Gasteiger partial charge in [0.1, 0.15) is 5.60 Å². The SMILES string of the molecule is O=C(NC1CCN(CC2CCCC2)C1)C1(O)CCSCC1. The molecule has 0 aromatic carbocycles. The molecule has 4 nitrogen and oxygen atoms in total. The molecule has 21 heavy (non-hydrogen) atoms. The highest BCUT2D eigenvalue weighted by molar-refractivity contribution is 7.99. The monoisotopic (exact) mass is 312 g/mol. The lowest BCUT2D eigenvalue weighted by Gasteiger charge is -2.31. The highest BCUT2D eigenvalue weighted by atomic mass is 32.2. The van der Waals surface area contributed by atoms with Gasteiger partial charge in [0.25, 0.3) is 5.91 Å². The van der Waals surface area contributed by atoms with Crippen molar-refractivity contribution in [3.05, 3.63) is 0 Å². The fourth-order valence-electron chi connectivity index (χ4n) is 3.93. The highest BCUT2D eigenvalue weighted by Crippen LogP contribution is 2.28. The van der Waals surface area contributed by atoms with Crippen LogP contribution in [0.4, 0.5) is 0 Å². The summed E-state index contributed by atoms with van der Waals surface area (Å²) in [4.78, 5) is 14.8. The summed E-state index contributed by atoms with van der Waals surface area (Å²) in [6.07, 6.45) is 7.77. The van der Waals surface area contributed by atoms with Crippen molar-refractivity contribution in [2.45, 2.75) is 56.6 Å². The van der Waals surface area contributed by atoms with Crippen LogP contribution in [0.1, 0.15) is 44.9 Å². The van der Waals surface area contributed by atoms with Crippen LogP contribution in [0.5, 0.6) is 0 Å². The Morgan fingerprint density at radius 2 is 1.95 bits per heavy atom. The molecule has 0 aromatic heterocycles. The molecule has 1 unspecified atom stereocenters. The maximum atomic E-state index is 12.3. The predicted octanol–water partition coefficient (Wildman–Crippen LogP) is 1.63. The number of nitrogens with one attached hydrogen (secondary N) is 1.